The summed E-state index contributed by atoms with van der Waals surface area (Å²) in [6, 6.07) is -0.00158. The van der Waals surface area contributed by atoms with Crippen molar-refractivity contribution in [3.05, 3.63) is 11.4 Å². The van der Waals surface area contributed by atoms with Crippen molar-refractivity contribution in [1.82, 2.24) is 25.2 Å². The molecule has 8 nitrogen and oxygen atoms in total. The molecule has 2 aliphatic heterocycles. The fraction of sp³-hybridized carbons (Fsp3) is 0.692. The Labute approximate surface area is 122 Å². The Balaban J connectivity index is 1.86. The molecular weight excluding hydrogens is 274 g/mol. The highest BCUT2D eigenvalue weighted by molar-refractivity contribution is 5.88. The maximum atomic E-state index is 12.1. The number of amides is 1. The van der Waals surface area contributed by atoms with Gasteiger partial charge in [0.05, 0.1) is 18.8 Å². The number of carbonyl (C=O) groups is 2. The number of ether oxygens (including phenoxy) is 1. The van der Waals surface area contributed by atoms with Crippen molar-refractivity contribution in [3.63, 3.8) is 0 Å². The summed E-state index contributed by atoms with van der Waals surface area (Å²) in [5, 5.41) is 11.2. The molecule has 21 heavy (non-hydrogen) atoms. The average Bonchev–Trinajstić information content (AvgIpc) is 3.04. The molecule has 2 aliphatic rings. The van der Waals surface area contributed by atoms with Crippen LogP contribution in [0.25, 0.3) is 0 Å². The molecule has 0 saturated carbocycles. The van der Waals surface area contributed by atoms with E-state index in [0.29, 0.717) is 5.69 Å². The van der Waals surface area contributed by atoms with Crippen molar-refractivity contribution in [2.75, 3.05) is 26.7 Å². The molecule has 0 aliphatic carbocycles. The Morgan fingerprint density at radius 2 is 2.19 bits per heavy atom. The highest BCUT2D eigenvalue weighted by Gasteiger charge is 2.31. The van der Waals surface area contributed by atoms with Crippen LogP contribution in [0.5, 0.6) is 0 Å². The molecule has 0 aromatic carbocycles. The third kappa shape index (κ3) is 2.63. The van der Waals surface area contributed by atoms with Crippen LogP contribution >= 0.6 is 0 Å². The first-order chi connectivity index (χ1) is 10.2. The molecule has 0 spiro atoms. The molecule has 3 rings (SSSR count). The molecular formula is C13H19N5O3. The summed E-state index contributed by atoms with van der Waals surface area (Å²) in [7, 11) is 1.32. The van der Waals surface area contributed by atoms with Gasteiger partial charge in [0.2, 0.25) is 5.91 Å². The molecule has 1 atom stereocenters. The topological polar surface area (TPSA) is 89.3 Å². The van der Waals surface area contributed by atoms with E-state index in [2.05, 4.69) is 15.6 Å². The van der Waals surface area contributed by atoms with E-state index in [0.717, 1.165) is 38.9 Å². The van der Waals surface area contributed by atoms with Gasteiger partial charge in [0.1, 0.15) is 6.54 Å². The summed E-state index contributed by atoms with van der Waals surface area (Å²) in [5.74, 6) is -0.497. The quantitative estimate of drug-likeness (QED) is 0.768. The van der Waals surface area contributed by atoms with Crippen molar-refractivity contribution in [1.29, 1.82) is 0 Å². The first-order valence-electron chi connectivity index (χ1n) is 7.23. The van der Waals surface area contributed by atoms with E-state index in [-0.39, 0.29) is 24.2 Å². The summed E-state index contributed by atoms with van der Waals surface area (Å²) in [6.07, 6.45) is 2.97. The van der Waals surface area contributed by atoms with Crippen LogP contribution < -0.4 is 5.32 Å². The normalized spacial score (nSPS) is 21.2. The number of nitrogens with zero attached hydrogens (tertiary/aromatic N) is 4. The first kappa shape index (κ1) is 14.0. The third-order valence-electron chi connectivity index (χ3n) is 4.04. The van der Waals surface area contributed by atoms with Gasteiger partial charge in [-0.05, 0) is 25.8 Å². The van der Waals surface area contributed by atoms with Gasteiger partial charge < -0.3 is 15.0 Å². The second-order valence-electron chi connectivity index (χ2n) is 5.36. The van der Waals surface area contributed by atoms with E-state index in [1.807, 2.05) is 0 Å². The van der Waals surface area contributed by atoms with Gasteiger partial charge in [0.15, 0.2) is 5.69 Å². The minimum atomic E-state index is -0.513. The lowest BCUT2D eigenvalue weighted by molar-refractivity contribution is -0.135. The van der Waals surface area contributed by atoms with E-state index in [1.165, 1.54) is 11.8 Å². The van der Waals surface area contributed by atoms with Gasteiger partial charge in [-0.3, -0.25) is 4.79 Å². The van der Waals surface area contributed by atoms with Crippen molar-refractivity contribution in [2.24, 2.45) is 0 Å². The minimum Gasteiger partial charge on any atom is -0.464 e. The smallest absolute Gasteiger partial charge is 0.360 e. The van der Waals surface area contributed by atoms with E-state index < -0.39 is 5.97 Å². The Morgan fingerprint density at radius 3 is 2.76 bits per heavy atom. The molecule has 1 aromatic heterocycles. The van der Waals surface area contributed by atoms with Crippen molar-refractivity contribution in [2.45, 2.75) is 31.8 Å². The van der Waals surface area contributed by atoms with Crippen molar-refractivity contribution >= 4 is 11.9 Å². The average molecular weight is 293 g/mol. The Hall–Kier alpha value is -1.96. The van der Waals surface area contributed by atoms with Crippen LogP contribution in [0.4, 0.5) is 0 Å². The van der Waals surface area contributed by atoms with Crippen LogP contribution in [-0.2, 0) is 16.1 Å². The van der Waals surface area contributed by atoms with Gasteiger partial charge in [-0.2, -0.15) is 0 Å². The predicted octanol–water partition coefficient (Wildman–Crippen LogP) is -0.278. The highest BCUT2D eigenvalue weighted by atomic mass is 16.5. The highest BCUT2D eigenvalue weighted by Crippen LogP contribution is 2.25. The van der Waals surface area contributed by atoms with Crippen molar-refractivity contribution < 1.29 is 14.3 Å². The predicted molar refractivity (Wildman–Crippen MR) is 72.5 cm³/mol. The number of methoxy groups -OCH3 is 1. The molecule has 1 N–H and O–H groups in total. The van der Waals surface area contributed by atoms with Gasteiger partial charge in [0.25, 0.3) is 0 Å². The van der Waals surface area contributed by atoms with E-state index in [9.17, 15) is 9.59 Å². The van der Waals surface area contributed by atoms with Gasteiger partial charge in [-0.25, -0.2) is 9.48 Å². The standard InChI is InChI=1S/C13H19N5O3/c1-21-13(20)11-12(9-4-2-5-14-9)18(16-15-11)8-10(19)17-6-3-7-17/h9,14H,2-8H2,1H3. The fourth-order valence-corrected chi connectivity index (χ4v) is 2.74. The molecule has 1 amide bonds. The fourth-order valence-electron chi connectivity index (χ4n) is 2.74. The lowest BCUT2D eigenvalue weighted by Crippen LogP contribution is -2.44. The lowest BCUT2D eigenvalue weighted by atomic mass is 10.1. The SMILES string of the molecule is COC(=O)c1nnn(CC(=O)N2CCC2)c1C1CCCN1. The van der Waals surface area contributed by atoms with Crippen LogP contribution in [0.3, 0.4) is 0 Å². The number of rotatable bonds is 4. The number of hydrogen-bond donors (Lipinski definition) is 1. The number of hydrogen-bond acceptors (Lipinski definition) is 6. The lowest BCUT2D eigenvalue weighted by Gasteiger charge is -2.31. The summed E-state index contributed by atoms with van der Waals surface area (Å²) in [5.41, 5.74) is 0.863. The van der Waals surface area contributed by atoms with Crippen LogP contribution in [-0.4, -0.2) is 58.5 Å². The number of aromatic nitrogens is 3. The molecule has 8 heteroatoms. The molecule has 2 fully saturated rings. The van der Waals surface area contributed by atoms with E-state index in [4.69, 9.17) is 4.74 Å². The molecule has 3 heterocycles. The summed E-state index contributed by atoms with van der Waals surface area (Å²) in [4.78, 5) is 25.7. The molecule has 2 saturated heterocycles. The van der Waals surface area contributed by atoms with Crippen LogP contribution in [0.2, 0.25) is 0 Å². The Bertz CT molecular complexity index is 546. The molecule has 0 bridgehead atoms. The monoisotopic (exact) mass is 293 g/mol. The maximum Gasteiger partial charge on any atom is 0.360 e. The van der Waals surface area contributed by atoms with Gasteiger partial charge in [-0.15, -0.1) is 5.10 Å². The maximum absolute atomic E-state index is 12.1. The number of nitrogens with one attached hydrogen (secondary N) is 1. The molecule has 1 aromatic rings. The zero-order valence-electron chi connectivity index (χ0n) is 12.0. The number of likely N-dealkylation sites (tertiary alicyclic amines) is 1. The van der Waals surface area contributed by atoms with Crippen molar-refractivity contribution in [3.8, 4) is 0 Å². The van der Waals surface area contributed by atoms with Gasteiger partial charge in [0, 0.05) is 13.1 Å². The molecule has 1 unspecified atom stereocenters. The zero-order valence-corrected chi connectivity index (χ0v) is 12.0. The summed E-state index contributed by atoms with van der Waals surface area (Å²) >= 11 is 0. The Morgan fingerprint density at radius 1 is 1.38 bits per heavy atom. The number of carbonyl (C=O) groups excluding carboxylic acids is 2. The first-order valence-corrected chi connectivity index (χ1v) is 7.23. The van der Waals surface area contributed by atoms with Crippen LogP contribution in [0, 0.1) is 0 Å². The zero-order chi connectivity index (χ0) is 14.8. The Kier molecular flexibility index (Phi) is 3.87. The third-order valence-corrected chi connectivity index (χ3v) is 4.04. The van der Waals surface area contributed by atoms with Gasteiger partial charge >= 0.3 is 5.97 Å². The second-order valence-corrected chi connectivity index (χ2v) is 5.36. The van der Waals surface area contributed by atoms with Gasteiger partial charge in [-0.1, -0.05) is 5.21 Å². The van der Waals surface area contributed by atoms with E-state index in [1.54, 1.807) is 4.90 Å². The second kappa shape index (κ2) is 5.80. The molecule has 0 radical (unpaired) electrons. The van der Waals surface area contributed by atoms with E-state index >= 15 is 0 Å². The number of esters is 1. The minimum absolute atomic E-state index is 0.00158. The summed E-state index contributed by atoms with van der Waals surface area (Å²) in [6.45, 7) is 2.61. The van der Waals surface area contributed by atoms with Crippen LogP contribution in [0.15, 0.2) is 0 Å². The largest absolute Gasteiger partial charge is 0.464 e. The van der Waals surface area contributed by atoms with Crippen LogP contribution in [0.1, 0.15) is 41.5 Å². The molecule has 114 valence electrons. The summed E-state index contributed by atoms with van der Waals surface area (Å²) < 4.78 is 6.29.